The van der Waals surface area contributed by atoms with Crippen molar-refractivity contribution in [2.45, 2.75) is 20.3 Å². The molecule has 0 atom stereocenters. The van der Waals surface area contributed by atoms with Gasteiger partial charge in [-0.25, -0.2) is 13.1 Å². The highest BCUT2D eigenvalue weighted by Gasteiger charge is 2.08. The van der Waals surface area contributed by atoms with Crippen LogP contribution >= 0.6 is 0 Å². The zero-order valence-electron chi connectivity index (χ0n) is 11.3. The minimum Gasteiger partial charge on any atom is -0.372 e. The maximum absolute atomic E-state index is 11.0. The van der Waals surface area contributed by atoms with Crippen LogP contribution < -0.4 is 9.62 Å². The van der Waals surface area contributed by atoms with Crippen molar-refractivity contribution >= 4 is 15.7 Å². The Balaban J connectivity index is 2.76. The fourth-order valence-electron chi connectivity index (χ4n) is 1.97. The van der Waals surface area contributed by atoms with Crippen LogP contribution in [0.4, 0.5) is 5.69 Å². The Morgan fingerprint density at radius 2 is 1.78 bits per heavy atom. The van der Waals surface area contributed by atoms with Crippen molar-refractivity contribution in [2.75, 3.05) is 30.8 Å². The van der Waals surface area contributed by atoms with Crippen LogP contribution in [0.2, 0.25) is 0 Å². The first-order valence-corrected chi connectivity index (χ1v) is 8.14. The third-order valence-corrected chi connectivity index (χ3v) is 3.58. The second kappa shape index (κ2) is 6.75. The maximum Gasteiger partial charge on any atom is 0.208 e. The number of hydrogen-bond donors (Lipinski definition) is 1. The fraction of sp³-hybridized carbons (Fsp3) is 0.538. The van der Waals surface area contributed by atoms with Crippen LogP contribution in [0.5, 0.6) is 0 Å². The molecule has 4 nitrogen and oxygen atoms in total. The van der Waals surface area contributed by atoms with Gasteiger partial charge in [0.05, 0.1) is 6.26 Å². The molecule has 0 aliphatic rings. The number of sulfonamides is 1. The van der Waals surface area contributed by atoms with Gasteiger partial charge in [0.2, 0.25) is 10.0 Å². The first-order chi connectivity index (χ1) is 8.48. The van der Waals surface area contributed by atoms with Crippen molar-refractivity contribution < 1.29 is 8.42 Å². The molecular weight excluding hydrogens is 248 g/mol. The van der Waals surface area contributed by atoms with Gasteiger partial charge >= 0.3 is 0 Å². The summed E-state index contributed by atoms with van der Waals surface area (Å²) >= 11 is 0. The topological polar surface area (TPSA) is 49.4 Å². The highest BCUT2D eigenvalue weighted by atomic mass is 32.2. The fourth-order valence-corrected chi connectivity index (χ4v) is 2.44. The monoisotopic (exact) mass is 270 g/mol. The van der Waals surface area contributed by atoms with E-state index in [1.165, 1.54) is 17.5 Å². The molecule has 0 bridgehead atoms. The van der Waals surface area contributed by atoms with Gasteiger partial charge in [0, 0.05) is 25.3 Å². The third kappa shape index (κ3) is 4.66. The summed E-state index contributed by atoms with van der Waals surface area (Å²) < 4.78 is 24.6. The van der Waals surface area contributed by atoms with Gasteiger partial charge in [0.1, 0.15) is 0 Å². The standard InChI is InChI=1S/C13H22N2O2S/c1-4-15(5-2)13-9-7-6-8-12(13)10-11-14-18(3,16)17/h6-9,14H,4-5,10-11H2,1-3H3. The van der Waals surface area contributed by atoms with Crippen molar-refractivity contribution in [3.63, 3.8) is 0 Å². The van der Waals surface area contributed by atoms with Gasteiger partial charge in [-0.3, -0.25) is 0 Å². The number of para-hydroxylation sites is 1. The summed E-state index contributed by atoms with van der Waals surface area (Å²) in [6.07, 6.45) is 1.89. The Labute approximate surface area is 110 Å². The van der Waals surface area contributed by atoms with E-state index in [0.717, 1.165) is 13.1 Å². The molecule has 0 aliphatic carbocycles. The van der Waals surface area contributed by atoms with E-state index in [-0.39, 0.29) is 0 Å². The van der Waals surface area contributed by atoms with Gasteiger partial charge in [-0.05, 0) is 31.9 Å². The van der Waals surface area contributed by atoms with E-state index in [4.69, 9.17) is 0 Å². The van der Waals surface area contributed by atoms with Gasteiger partial charge in [-0.2, -0.15) is 0 Å². The normalized spacial score (nSPS) is 11.5. The minimum atomic E-state index is -3.10. The molecule has 1 rings (SSSR count). The smallest absolute Gasteiger partial charge is 0.208 e. The molecule has 18 heavy (non-hydrogen) atoms. The van der Waals surface area contributed by atoms with Crippen molar-refractivity contribution in [1.82, 2.24) is 4.72 Å². The lowest BCUT2D eigenvalue weighted by molar-refractivity contribution is 0.588. The van der Waals surface area contributed by atoms with Crippen LogP contribution in [0.15, 0.2) is 24.3 Å². The van der Waals surface area contributed by atoms with Crippen LogP contribution in [0.25, 0.3) is 0 Å². The molecule has 102 valence electrons. The van der Waals surface area contributed by atoms with E-state index in [2.05, 4.69) is 35.6 Å². The zero-order chi connectivity index (χ0) is 13.6. The van der Waals surface area contributed by atoms with Crippen LogP contribution in [-0.4, -0.2) is 34.3 Å². The molecule has 0 saturated heterocycles. The van der Waals surface area contributed by atoms with Gasteiger partial charge in [-0.1, -0.05) is 18.2 Å². The van der Waals surface area contributed by atoms with Gasteiger partial charge in [-0.15, -0.1) is 0 Å². The molecule has 1 aromatic rings. The van der Waals surface area contributed by atoms with E-state index < -0.39 is 10.0 Å². The molecule has 0 aromatic heterocycles. The average Bonchev–Trinajstić information content (AvgIpc) is 2.31. The average molecular weight is 270 g/mol. The number of anilines is 1. The summed E-state index contributed by atoms with van der Waals surface area (Å²) in [6, 6.07) is 8.14. The lowest BCUT2D eigenvalue weighted by atomic mass is 10.1. The van der Waals surface area contributed by atoms with E-state index in [1.54, 1.807) is 0 Å². The Kier molecular flexibility index (Phi) is 5.62. The number of nitrogens with one attached hydrogen (secondary N) is 1. The molecule has 0 amide bonds. The molecule has 0 spiro atoms. The predicted molar refractivity (Wildman–Crippen MR) is 76.6 cm³/mol. The largest absolute Gasteiger partial charge is 0.372 e. The van der Waals surface area contributed by atoms with E-state index in [9.17, 15) is 8.42 Å². The van der Waals surface area contributed by atoms with Crippen LogP contribution in [0.3, 0.4) is 0 Å². The summed E-state index contributed by atoms with van der Waals surface area (Å²) in [6.45, 7) is 6.58. The molecule has 0 heterocycles. The number of rotatable bonds is 7. The maximum atomic E-state index is 11.0. The molecule has 5 heteroatoms. The highest BCUT2D eigenvalue weighted by molar-refractivity contribution is 7.88. The Bertz CT molecular complexity index is 468. The van der Waals surface area contributed by atoms with E-state index in [0.29, 0.717) is 13.0 Å². The molecule has 0 saturated carbocycles. The van der Waals surface area contributed by atoms with Crippen LogP contribution in [0, 0.1) is 0 Å². The second-order valence-electron chi connectivity index (χ2n) is 4.22. The second-order valence-corrected chi connectivity index (χ2v) is 6.05. The van der Waals surface area contributed by atoms with E-state index in [1.807, 2.05) is 12.1 Å². The summed E-state index contributed by atoms with van der Waals surface area (Å²) in [5.74, 6) is 0. The Hall–Kier alpha value is -1.07. The highest BCUT2D eigenvalue weighted by Crippen LogP contribution is 2.20. The lowest BCUT2D eigenvalue weighted by Crippen LogP contribution is -2.26. The zero-order valence-corrected chi connectivity index (χ0v) is 12.1. The SMILES string of the molecule is CCN(CC)c1ccccc1CCNS(C)(=O)=O. The van der Waals surface area contributed by atoms with Crippen molar-refractivity contribution in [2.24, 2.45) is 0 Å². The lowest BCUT2D eigenvalue weighted by Gasteiger charge is -2.24. The molecule has 1 N–H and O–H groups in total. The summed E-state index contributed by atoms with van der Waals surface area (Å²) in [5.41, 5.74) is 2.37. The van der Waals surface area contributed by atoms with Crippen LogP contribution in [0.1, 0.15) is 19.4 Å². The predicted octanol–water partition coefficient (Wildman–Crippen LogP) is 1.62. The Morgan fingerprint density at radius 3 is 2.33 bits per heavy atom. The van der Waals surface area contributed by atoms with Crippen molar-refractivity contribution in [3.8, 4) is 0 Å². The molecule has 0 unspecified atom stereocenters. The summed E-state index contributed by atoms with van der Waals surface area (Å²) in [7, 11) is -3.10. The quantitative estimate of drug-likeness (QED) is 0.819. The summed E-state index contributed by atoms with van der Waals surface area (Å²) in [5, 5.41) is 0. The number of hydrogen-bond acceptors (Lipinski definition) is 3. The molecular formula is C13H22N2O2S. The Morgan fingerprint density at radius 1 is 1.17 bits per heavy atom. The van der Waals surface area contributed by atoms with Gasteiger partial charge < -0.3 is 4.90 Å². The van der Waals surface area contributed by atoms with Crippen LogP contribution in [-0.2, 0) is 16.4 Å². The first-order valence-electron chi connectivity index (χ1n) is 6.25. The summed E-state index contributed by atoms with van der Waals surface area (Å²) in [4.78, 5) is 2.27. The number of nitrogens with zero attached hydrogens (tertiary/aromatic N) is 1. The molecule has 0 radical (unpaired) electrons. The third-order valence-electron chi connectivity index (χ3n) is 2.85. The van der Waals surface area contributed by atoms with E-state index >= 15 is 0 Å². The first kappa shape index (κ1) is 15.0. The molecule has 0 fully saturated rings. The van der Waals surface area contributed by atoms with Gasteiger partial charge in [0.15, 0.2) is 0 Å². The minimum absolute atomic E-state index is 0.442. The van der Waals surface area contributed by atoms with Crippen molar-refractivity contribution in [1.29, 1.82) is 0 Å². The molecule has 1 aromatic carbocycles. The number of benzene rings is 1. The molecule has 0 aliphatic heterocycles. The van der Waals surface area contributed by atoms with Gasteiger partial charge in [0.25, 0.3) is 0 Å². The van der Waals surface area contributed by atoms with Crippen molar-refractivity contribution in [3.05, 3.63) is 29.8 Å².